The summed E-state index contributed by atoms with van der Waals surface area (Å²) in [6.07, 6.45) is 1.01. The van der Waals surface area contributed by atoms with Crippen molar-refractivity contribution in [2.45, 2.75) is 33.0 Å². The van der Waals surface area contributed by atoms with Gasteiger partial charge in [-0.2, -0.15) is 0 Å². The Morgan fingerprint density at radius 2 is 1.72 bits per heavy atom. The van der Waals surface area contributed by atoms with Crippen molar-refractivity contribution in [3.05, 3.63) is 59.5 Å². The second kappa shape index (κ2) is 10.8. The number of hydrogen-bond donors (Lipinski definition) is 1. The van der Waals surface area contributed by atoms with E-state index in [1.54, 1.807) is 0 Å². The summed E-state index contributed by atoms with van der Waals surface area (Å²) in [6.45, 7) is 6.85. The van der Waals surface area contributed by atoms with Gasteiger partial charge in [-0.1, -0.05) is 30.3 Å². The van der Waals surface area contributed by atoms with Gasteiger partial charge in [-0.05, 0) is 37.2 Å². The quantitative estimate of drug-likeness (QED) is 0.686. The molecule has 7 heteroatoms. The lowest BCUT2D eigenvalue weighted by Crippen LogP contribution is -2.39. The van der Waals surface area contributed by atoms with Crippen molar-refractivity contribution in [2.24, 2.45) is 0 Å². The van der Waals surface area contributed by atoms with E-state index in [-0.39, 0.29) is 18.5 Å². The molecule has 1 N–H and O–H groups in total. The molecule has 156 valence electrons. The molecule has 3 rings (SSSR count). The molecule has 1 aromatic heterocycles. The normalized spacial score (nSPS) is 15.6. The van der Waals surface area contributed by atoms with Crippen molar-refractivity contribution in [1.29, 1.82) is 0 Å². The first-order valence-corrected chi connectivity index (χ1v) is 10.0. The van der Waals surface area contributed by atoms with Gasteiger partial charge >= 0.3 is 5.97 Å². The Balaban J connectivity index is 1.39. The monoisotopic (exact) mass is 399 g/mol. The number of furan rings is 1. The topological polar surface area (TPSA) is 75.0 Å². The van der Waals surface area contributed by atoms with E-state index in [2.05, 4.69) is 15.1 Å². The largest absolute Gasteiger partial charge is 0.461 e. The van der Waals surface area contributed by atoms with E-state index < -0.39 is 0 Å². The predicted octanol–water partition coefficient (Wildman–Crippen LogP) is 2.17. The number of hydrogen-bond acceptors (Lipinski definition) is 6. The summed E-state index contributed by atoms with van der Waals surface area (Å²) in [5.41, 5.74) is 1.11. The van der Waals surface area contributed by atoms with Gasteiger partial charge in [0.1, 0.15) is 18.1 Å². The van der Waals surface area contributed by atoms with Crippen molar-refractivity contribution in [3.63, 3.8) is 0 Å². The number of nitrogens with one attached hydrogen (secondary N) is 1. The van der Waals surface area contributed by atoms with E-state index >= 15 is 0 Å². The van der Waals surface area contributed by atoms with Gasteiger partial charge < -0.3 is 14.5 Å². The summed E-state index contributed by atoms with van der Waals surface area (Å²) in [7, 11) is 0. The summed E-state index contributed by atoms with van der Waals surface area (Å²) in [6, 6.07) is 13.7. The van der Waals surface area contributed by atoms with Gasteiger partial charge in [0.25, 0.3) is 0 Å². The maximum absolute atomic E-state index is 12.3. The van der Waals surface area contributed by atoms with Crippen molar-refractivity contribution >= 4 is 11.9 Å². The van der Waals surface area contributed by atoms with Crippen LogP contribution in [0.15, 0.2) is 46.9 Å². The average molecular weight is 399 g/mol. The van der Waals surface area contributed by atoms with E-state index in [1.807, 2.05) is 42.5 Å². The molecule has 29 heavy (non-hydrogen) atoms. The molecule has 0 unspecified atom stereocenters. The van der Waals surface area contributed by atoms with Gasteiger partial charge in [-0.3, -0.25) is 19.4 Å². The fourth-order valence-electron chi connectivity index (χ4n) is 3.37. The summed E-state index contributed by atoms with van der Waals surface area (Å²) >= 11 is 0. The van der Waals surface area contributed by atoms with Crippen molar-refractivity contribution in [1.82, 2.24) is 15.1 Å². The Kier molecular flexibility index (Phi) is 7.84. The Labute approximate surface area is 171 Å². The van der Waals surface area contributed by atoms with E-state index in [9.17, 15) is 9.59 Å². The minimum absolute atomic E-state index is 0.0588. The second-order valence-electron chi connectivity index (χ2n) is 7.32. The van der Waals surface area contributed by atoms with Crippen LogP contribution in [0.5, 0.6) is 0 Å². The SMILES string of the molecule is CC(=O)OCc1ccc(CN2CCCN(CC(=O)NCc3ccccc3)CC2)o1. The maximum atomic E-state index is 12.3. The third kappa shape index (κ3) is 7.36. The predicted molar refractivity (Wildman–Crippen MR) is 109 cm³/mol. The Morgan fingerprint density at radius 1 is 1.00 bits per heavy atom. The van der Waals surface area contributed by atoms with Gasteiger partial charge in [0.05, 0.1) is 13.1 Å². The number of nitrogens with zero attached hydrogens (tertiary/aromatic N) is 2. The third-order valence-corrected chi connectivity index (χ3v) is 4.90. The molecule has 0 bridgehead atoms. The van der Waals surface area contributed by atoms with Crippen LogP contribution in [-0.4, -0.2) is 54.4 Å². The number of esters is 1. The molecule has 1 aliphatic heterocycles. The summed E-state index contributed by atoms with van der Waals surface area (Å²) in [4.78, 5) is 27.7. The summed E-state index contributed by atoms with van der Waals surface area (Å²) < 4.78 is 10.7. The highest BCUT2D eigenvalue weighted by Crippen LogP contribution is 2.13. The smallest absolute Gasteiger partial charge is 0.303 e. The molecule has 0 aliphatic carbocycles. The van der Waals surface area contributed by atoms with Crippen LogP contribution >= 0.6 is 0 Å². The number of ether oxygens (including phenoxy) is 1. The van der Waals surface area contributed by atoms with Crippen LogP contribution in [0.2, 0.25) is 0 Å². The minimum Gasteiger partial charge on any atom is -0.461 e. The first-order chi connectivity index (χ1) is 14.1. The zero-order valence-electron chi connectivity index (χ0n) is 16.9. The fourth-order valence-corrected chi connectivity index (χ4v) is 3.37. The Bertz CT molecular complexity index is 790. The molecule has 0 spiro atoms. The van der Waals surface area contributed by atoms with Crippen LogP contribution < -0.4 is 5.32 Å². The number of carbonyl (C=O) groups is 2. The minimum atomic E-state index is -0.316. The number of carbonyl (C=O) groups excluding carboxylic acids is 2. The van der Waals surface area contributed by atoms with Crippen LogP contribution in [0.25, 0.3) is 0 Å². The number of amides is 1. The van der Waals surface area contributed by atoms with Crippen molar-refractivity contribution in [2.75, 3.05) is 32.7 Å². The Hall–Kier alpha value is -2.64. The molecule has 1 aliphatic rings. The van der Waals surface area contributed by atoms with E-state index in [4.69, 9.17) is 9.15 Å². The van der Waals surface area contributed by atoms with Gasteiger partial charge in [-0.25, -0.2) is 0 Å². The highest BCUT2D eigenvalue weighted by atomic mass is 16.5. The van der Waals surface area contributed by atoms with Gasteiger partial charge in [0.15, 0.2) is 0 Å². The van der Waals surface area contributed by atoms with Crippen molar-refractivity contribution in [3.8, 4) is 0 Å². The molecule has 0 radical (unpaired) electrons. The van der Waals surface area contributed by atoms with E-state index in [1.165, 1.54) is 6.92 Å². The average Bonchev–Trinajstić information content (AvgIpc) is 3.05. The number of benzene rings is 1. The first-order valence-electron chi connectivity index (χ1n) is 10.0. The molecule has 1 fully saturated rings. The van der Waals surface area contributed by atoms with Crippen LogP contribution in [0, 0.1) is 0 Å². The lowest BCUT2D eigenvalue weighted by atomic mass is 10.2. The molecular weight excluding hydrogens is 370 g/mol. The van der Waals surface area contributed by atoms with Gasteiger partial charge in [0, 0.05) is 26.6 Å². The maximum Gasteiger partial charge on any atom is 0.303 e. The second-order valence-corrected chi connectivity index (χ2v) is 7.32. The number of rotatable bonds is 8. The molecule has 7 nitrogen and oxygen atoms in total. The Morgan fingerprint density at radius 3 is 2.52 bits per heavy atom. The zero-order valence-corrected chi connectivity index (χ0v) is 16.9. The third-order valence-electron chi connectivity index (χ3n) is 4.90. The van der Waals surface area contributed by atoms with Crippen LogP contribution in [-0.2, 0) is 34.0 Å². The van der Waals surface area contributed by atoms with Crippen molar-refractivity contribution < 1.29 is 18.7 Å². The van der Waals surface area contributed by atoms with E-state index in [0.29, 0.717) is 25.4 Å². The van der Waals surface area contributed by atoms with E-state index in [0.717, 1.165) is 43.9 Å². The molecular formula is C22H29N3O4. The first kappa shape index (κ1) is 21.1. The zero-order chi connectivity index (χ0) is 20.5. The van der Waals surface area contributed by atoms with Gasteiger partial charge in [-0.15, -0.1) is 0 Å². The lowest BCUT2D eigenvalue weighted by molar-refractivity contribution is -0.142. The van der Waals surface area contributed by atoms with Crippen LogP contribution in [0.4, 0.5) is 0 Å². The van der Waals surface area contributed by atoms with Crippen LogP contribution in [0.3, 0.4) is 0 Å². The molecule has 1 aromatic carbocycles. The summed E-state index contributed by atoms with van der Waals surface area (Å²) in [5, 5.41) is 3.00. The highest BCUT2D eigenvalue weighted by molar-refractivity contribution is 5.78. The molecule has 0 saturated carbocycles. The molecule has 2 heterocycles. The molecule has 1 saturated heterocycles. The lowest BCUT2D eigenvalue weighted by Gasteiger charge is -2.20. The van der Waals surface area contributed by atoms with Crippen LogP contribution in [0.1, 0.15) is 30.4 Å². The highest BCUT2D eigenvalue weighted by Gasteiger charge is 2.18. The molecule has 2 aromatic rings. The summed E-state index contributed by atoms with van der Waals surface area (Å²) in [5.74, 6) is 1.26. The molecule has 0 atom stereocenters. The van der Waals surface area contributed by atoms with Gasteiger partial charge in [0.2, 0.25) is 5.91 Å². The standard InChI is InChI=1S/C22H29N3O4/c1-18(26)28-17-21-9-8-20(29-21)15-24-10-5-11-25(13-12-24)16-22(27)23-14-19-6-3-2-4-7-19/h2-4,6-9H,5,10-17H2,1H3,(H,23,27). The fraction of sp³-hybridized carbons (Fsp3) is 0.455. The molecule has 1 amide bonds.